The molecule has 0 unspecified atom stereocenters. The molecule has 32 heavy (non-hydrogen) atoms. The highest BCUT2D eigenvalue weighted by atomic mass is 32.1. The molecule has 0 radical (unpaired) electrons. The van der Waals surface area contributed by atoms with Crippen LogP contribution >= 0.6 is 11.3 Å². The van der Waals surface area contributed by atoms with E-state index < -0.39 is 10.8 Å². The van der Waals surface area contributed by atoms with Crippen LogP contribution in [0.15, 0.2) is 59.6 Å². The molecule has 0 aliphatic rings. The van der Waals surface area contributed by atoms with Gasteiger partial charge in [0.2, 0.25) is 5.75 Å². The number of rotatable bonds is 6. The minimum atomic E-state index is -0.649. The molecular weight excluding hydrogens is 428 g/mol. The van der Waals surface area contributed by atoms with E-state index in [1.807, 2.05) is 18.2 Å². The predicted octanol–water partition coefficient (Wildman–Crippen LogP) is 5.69. The minimum Gasteiger partial charge on any atom is -0.450 e. The highest BCUT2D eigenvalue weighted by Crippen LogP contribution is 2.34. The monoisotopic (exact) mass is 448 g/mol. The number of nitrogens with one attached hydrogen (secondary N) is 1. The van der Waals surface area contributed by atoms with Crippen molar-refractivity contribution < 1.29 is 14.5 Å². The zero-order chi connectivity index (χ0) is 23.3. The van der Waals surface area contributed by atoms with Crippen molar-refractivity contribution in [1.29, 1.82) is 5.26 Å². The Morgan fingerprint density at radius 2 is 1.97 bits per heavy atom. The van der Waals surface area contributed by atoms with E-state index in [9.17, 15) is 20.2 Å². The molecule has 0 spiro atoms. The van der Waals surface area contributed by atoms with Gasteiger partial charge >= 0.3 is 5.69 Å². The van der Waals surface area contributed by atoms with Crippen LogP contribution < -0.4 is 10.1 Å². The van der Waals surface area contributed by atoms with Gasteiger partial charge in [0, 0.05) is 17.6 Å². The van der Waals surface area contributed by atoms with Gasteiger partial charge in [0.15, 0.2) is 5.13 Å². The molecule has 1 aromatic heterocycles. The van der Waals surface area contributed by atoms with Crippen molar-refractivity contribution in [3.8, 4) is 17.6 Å². The van der Waals surface area contributed by atoms with Crippen molar-refractivity contribution in [2.75, 3.05) is 5.32 Å². The van der Waals surface area contributed by atoms with E-state index in [-0.39, 0.29) is 22.4 Å². The number of ether oxygens (including phenoxy) is 1. The molecule has 162 valence electrons. The van der Waals surface area contributed by atoms with E-state index in [4.69, 9.17) is 4.74 Å². The number of hydrogen-bond donors (Lipinski definition) is 1. The Balaban J connectivity index is 1.85. The molecule has 0 atom stereocenters. The molecule has 1 amide bonds. The first-order valence-electron chi connectivity index (χ1n) is 9.57. The summed E-state index contributed by atoms with van der Waals surface area (Å²) in [6.45, 7) is 6.27. The number of anilines is 1. The number of hydrogen-bond acceptors (Lipinski definition) is 7. The Kier molecular flexibility index (Phi) is 6.66. The molecule has 8 nitrogen and oxygen atoms in total. The number of nitrogens with zero attached hydrogens (tertiary/aromatic N) is 3. The number of benzene rings is 2. The van der Waals surface area contributed by atoms with Crippen molar-refractivity contribution in [1.82, 2.24) is 4.98 Å². The summed E-state index contributed by atoms with van der Waals surface area (Å²) in [7, 11) is 0. The van der Waals surface area contributed by atoms with Gasteiger partial charge in [0.1, 0.15) is 17.4 Å². The number of thiazole rings is 1. The Morgan fingerprint density at radius 1 is 1.25 bits per heavy atom. The number of nitro groups is 1. The van der Waals surface area contributed by atoms with Gasteiger partial charge in [0.05, 0.1) is 4.92 Å². The van der Waals surface area contributed by atoms with Crippen LogP contribution in [0.4, 0.5) is 10.8 Å². The molecule has 0 fully saturated rings. The first kappa shape index (κ1) is 22.7. The van der Waals surface area contributed by atoms with E-state index in [1.54, 1.807) is 23.6 Å². The van der Waals surface area contributed by atoms with Crippen LogP contribution in [0.5, 0.6) is 11.5 Å². The summed E-state index contributed by atoms with van der Waals surface area (Å²) >= 11 is 1.21. The molecule has 1 heterocycles. The van der Waals surface area contributed by atoms with E-state index in [2.05, 4.69) is 31.1 Å². The van der Waals surface area contributed by atoms with Gasteiger partial charge < -0.3 is 4.74 Å². The highest BCUT2D eigenvalue weighted by Gasteiger charge is 2.19. The number of aromatic nitrogens is 1. The number of carbonyl (C=O) groups is 1. The van der Waals surface area contributed by atoms with Gasteiger partial charge in [-0.1, -0.05) is 39.0 Å². The fraction of sp³-hybridized carbons (Fsp3) is 0.174. The molecular formula is C23H20N4O4S. The summed E-state index contributed by atoms with van der Waals surface area (Å²) in [4.78, 5) is 27.2. The maximum atomic E-state index is 12.3. The number of nitro benzene ring substituents is 1. The van der Waals surface area contributed by atoms with E-state index >= 15 is 0 Å². The largest absolute Gasteiger partial charge is 0.450 e. The normalized spacial score (nSPS) is 11.5. The molecule has 2 aromatic carbocycles. The Labute approximate surface area is 189 Å². The van der Waals surface area contributed by atoms with Crippen LogP contribution in [0.1, 0.15) is 31.9 Å². The fourth-order valence-corrected chi connectivity index (χ4v) is 3.29. The topological polar surface area (TPSA) is 118 Å². The molecule has 3 rings (SSSR count). The molecule has 0 aliphatic carbocycles. The average molecular weight is 449 g/mol. The molecule has 9 heteroatoms. The number of carbonyl (C=O) groups excluding carboxylic acids is 1. The minimum absolute atomic E-state index is 0.0250. The second-order valence-corrected chi connectivity index (χ2v) is 8.72. The maximum Gasteiger partial charge on any atom is 0.312 e. The summed E-state index contributed by atoms with van der Waals surface area (Å²) in [6, 6.07) is 13.4. The molecule has 0 aliphatic heterocycles. The first-order chi connectivity index (χ1) is 15.2. The SMILES string of the molecule is CC(C)(C)c1ccc(Oc2ccc(/C=C(/C#N)C(=O)Nc3nccs3)cc2[N+](=O)[O-])cc1. The van der Waals surface area contributed by atoms with Crippen LogP contribution in [0.25, 0.3) is 6.08 Å². The van der Waals surface area contributed by atoms with E-state index in [1.165, 1.54) is 35.7 Å². The van der Waals surface area contributed by atoms with Crippen LogP contribution in [0, 0.1) is 21.4 Å². The van der Waals surface area contributed by atoms with Crippen molar-refractivity contribution in [2.45, 2.75) is 26.2 Å². The van der Waals surface area contributed by atoms with Gasteiger partial charge in [-0.3, -0.25) is 20.2 Å². The Hall–Kier alpha value is -4.03. The zero-order valence-corrected chi connectivity index (χ0v) is 18.5. The van der Waals surface area contributed by atoms with Gasteiger partial charge in [-0.2, -0.15) is 5.26 Å². The fourth-order valence-electron chi connectivity index (χ4n) is 2.77. The van der Waals surface area contributed by atoms with Crippen LogP contribution in [-0.2, 0) is 10.2 Å². The van der Waals surface area contributed by atoms with Gasteiger partial charge in [-0.25, -0.2) is 4.98 Å². The lowest BCUT2D eigenvalue weighted by atomic mass is 9.87. The van der Waals surface area contributed by atoms with Gasteiger partial charge in [0.25, 0.3) is 5.91 Å². The van der Waals surface area contributed by atoms with Crippen molar-refractivity contribution in [3.63, 3.8) is 0 Å². The smallest absolute Gasteiger partial charge is 0.312 e. The Bertz CT molecular complexity index is 1200. The molecule has 0 bridgehead atoms. The average Bonchev–Trinajstić information content (AvgIpc) is 3.25. The second kappa shape index (κ2) is 9.41. The summed E-state index contributed by atoms with van der Waals surface area (Å²) in [5, 5.41) is 25.5. The molecule has 1 N–H and O–H groups in total. The number of amides is 1. The van der Waals surface area contributed by atoms with Crippen molar-refractivity contribution >= 4 is 34.1 Å². The van der Waals surface area contributed by atoms with Crippen LogP contribution in [-0.4, -0.2) is 15.8 Å². The molecule has 3 aromatic rings. The summed E-state index contributed by atoms with van der Waals surface area (Å²) < 4.78 is 5.73. The molecule has 0 saturated heterocycles. The lowest BCUT2D eigenvalue weighted by Crippen LogP contribution is -2.13. The zero-order valence-electron chi connectivity index (χ0n) is 17.7. The Morgan fingerprint density at radius 3 is 2.53 bits per heavy atom. The maximum absolute atomic E-state index is 12.3. The van der Waals surface area contributed by atoms with Crippen LogP contribution in [0.2, 0.25) is 0 Å². The van der Waals surface area contributed by atoms with Gasteiger partial charge in [-0.05, 0) is 40.8 Å². The first-order valence-corrected chi connectivity index (χ1v) is 10.4. The standard InChI is InChI=1S/C23H20N4O4S/c1-23(2,3)17-5-7-18(8-6-17)31-20-9-4-15(13-19(20)27(29)30)12-16(14-24)21(28)26-22-25-10-11-32-22/h4-13H,1-3H3,(H,25,26,28)/b16-12-. The third-order valence-electron chi connectivity index (χ3n) is 4.46. The quantitative estimate of drug-likeness (QED) is 0.224. The highest BCUT2D eigenvalue weighted by molar-refractivity contribution is 7.13. The third kappa shape index (κ3) is 5.56. The van der Waals surface area contributed by atoms with E-state index in [0.717, 1.165) is 5.56 Å². The summed E-state index contributed by atoms with van der Waals surface area (Å²) in [5.41, 5.74) is 0.915. The third-order valence-corrected chi connectivity index (χ3v) is 5.15. The molecule has 0 saturated carbocycles. The van der Waals surface area contributed by atoms with E-state index in [0.29, 0.717) is 16.4 Å². The van der Waals surface area contributed by atoms with Gasteiger partial charge in [-0.15, -0.1) is 11.3 Å². The van der Waals surface area contributed by atoms with Crippen molar-refractivity contribution in [2.24, 2.45) is 0 Å². The van der Waals surface area contributed by atoms with Crippen LogP contribution in [0.3, 0.4) is 0 Å². The number of nitriles is 1. The van der Waals surface area contributed by atoms with Crippen molar-refractivity contribution in [3.05, 3.63) is 80.9 Å². The predicted molar refractivity (Wildman–Crippen MR) is 123 cm³/mol. The second-order valence-electron chi connectivity index (χ2n) is 7.82. The summed E-state index contributed by atoms with van der Waals surface area (Å²) in [6.07, 6.45) is 2.80. The lowest BCUT2D eigenvalue weighted by Gasteiger charge is -2.19. The summed E-state index contributed by atoms with van der Waals surface area (Å²) in [5.74, 6) is -0.129. The lowest BCUT2D eigenvalue weighted by molar-refractivity contribution is -0.385.